The molecule has 6 heteroatoms. The molecule has 1 amide bonds. The molecule has 0 aromatic heterocycles. The molecule has 3 rings (SSSR count). The SMILES string of the molecule is O=C1CC(CNCc2ccccc2C(F)(F)F)CN1Cc1ccccc1. The summed E-state index contributed by atoms with van der Waals surface area (Å²) >= 11 is 0. The predicted octanol–water partition coefficient (Wildman–Crippen LogP) is 3.84. The zero-order valence-corrected chi connectivity index (χ0v) is 14.3. The quantitative estimate of drug-likeness (QED) is 0.847. The topological polar surface area (TPSA) is 32.3 Å². The minimum absolute atomic E-state index is 0.0938. The normalized spacial score (nSPS) is 17.7. The second-order valence-corrected chi connectivity index (χ2v) is 6.62. The van der Waals surface area contributed by atoms with Gasteiger partial charge in [-0.1, -0.05) is 48.5 Å². The molecule has 26 heavy (non-hydrogen) atoms. The summed E-state index contributed by atoms with van der Waals surface area (Å²) in [5.41, 5.74) is 0.694. The van der Waals surface area contributed by atoms with Crippen molar-refractivity contribution in [1.82, 2.24) is 10.2 Å². The molecule has 1 fully saturated rings. The Morgan fingerprint density at radius 3 is 2.46 bits per heavy atom. The van der Waals surface area contributed by atoms with Crippen molar-refractivity contribution in [3.8, 4) is 0 Å². The van der Waals surface area contributed by atoms with Gasteiger partial charge < -0.3 is 10.2 Å². The highest BCUT2D eigenvalue weighted by Crippen LogP contribution is 2.31. The number of nitrogens with one attached hydrogen (secondary N) is 1. The average Bonchev–Trinajstić information content (AvgIpc) is 2.95. The number of nitrogens with zero attached hydrogens (tertiary/aromatic N) is 1. The van der Waals surface area contributed by atoms with Crippen LogP contribution in [0.3, 0.4) is 0 Å². The van der Waals surface area contributed by atoms with E-state index in [0.717, 1.165) is 11.6 Å². The van der Waals surface area contributed by atoms with Crippen LogP contribution in [-0.4, -0.2) is 23.9 Å². The van der Waals surface area contributed by atoms with E-state index in [1.165, 1.54) is 12.1 Å². The molecule has 1 N–H and O–H groups in total. The standard InChI is InChI=1S/C20H21F3N2O/c21-20(22,23)18-9-5-4-8-17(18)12-24-11-16-10-19(26)25(14-16)13-15-6-2-1-3-7-15/h1-9,16,24H,10-14H2. The Kier molecular flexibility index (Phi) is 5.61. The maximum Gasteiger partial charge on any atom is 0.416 e. The molecule has 138 valence electrons. The Morgan fingerprint density at radius 2 is 1.73 bits per heavy atom. The Balaban J connectivity index is 1.51. The third kappa shape index (κ3) is 4.64. The van der Waals surface area contributed by atoms with Gasteiger partial charge in [0.2, 0.25) is 5.91 Å². The first-order valence-corrected chi connectivity index (χ1v) is 8.61. The van der Waals surface area contributed by atoms with E-state index in [4.69, 9.17) is 0 Å². The Labute approximate surface area is 150 Å². The van der Waals surface area contributed by atoms with E-state index in [0.29, 0.717) is 26.1 Å². The minimum Gasteiger partial charge on any atom is -0.338 e. The number of hydrogen-bond donors (Lipinski definition) is 1. The van der Waals surface area contributed by atoms with Crippen molar-refractivity contribution in [2.75, 3.05) is 13.1 Å². The fourth-order valence-electron chi connectivity index (χ4n) is 3.31. The minimum atomic E-state index is -4.35. The first-order chi connectivity index (χ1) is 12.4. The van der Waals surface area contributed by atoms with Gasteiger partial charge in [0, 0.05) is 32.6 Å². The number of halogens is 3. The molecule has 1 saturated heterocycles. The van der Waals surface area contributed by atoms with Gasteiger partial charge in [-0.05, 0) is 23.1 Å². The smallest absolute Gasteiger partial charge is 0.338 e. The summed E-state index contributed by atoms with van der Waals surface area (Å²) in [4.78, 5) is 14.0. The lowest BCUT2D eigenvalue weighted by Gasteiger charge is -2.17. The van der Waals surface area contributed by atoms with Crippen LogP contribution in [0.2, 0.25) is 0 Å². The van der Waals surface area contributed by atoms with Crippen LogP contribution in [-0.2, 0) is 24.1 Å². The molecule has 0 radical (unpaired) electrons. The zero-order valence-electron chi connectivity index (χ0n) is 14.3. The molecule has 0 bridgehead atoms. The fraction of sp³-hybridized carbons (Fsp3) is 0.350. The van der Waals surface area contributed by atoms with Gasteiger partial charge in [-0.15, -0.1) is 0 Å². The number of likely N-dealkylation sites (tertiary alicyclic amines) is 1. The van der Waals surface area contributed by atoms with Gasteiger partial charge in [-0.25, -0.2) is 0 Å². The van der Waals surface area contributed by atoms with Gasteiger partial charge in [0.25, 0.3) is 0 Å². The van der Waals surface area contributed by atoms with E-state index in [2.05, 4.69) is 5.32 Å². The van der Waals surface area contributed by atoms with Crippen molar-refractivity contribution in [3.63, 3.8) is 0 Å². The van der Waals surface area contributed by atoms with Crippen LogP contribution in [0.1, 0.15) is 23.1 Å². The third-order valence-electron chi connectivity index (χ3n) is 4.58. The molecular weight excluding hydrogens is 341 g/mol. The van der Waals surface area contributed by atoms with Gasteiger partial charge in [-0.3, -0.25) is 4.79 Å². The second-order valence-electron chi connectivity index (χ2n) is 6.62. The summed E-state index contributed by atoms with van der Waals surface area (Å²) in [6.07, 6.45) is -3.92. The van der Waals surface area contributed by atoms with E-state index in [1.807, 2.05) is 35.2 Å². The summed E-state index contributed by atoms with van der Waals surface area (Å²) in [7, 11) is 0. The summed E-state index contributed by atoms with van der Waals surface area (Å²) in [6, 6.07) is 15.3. The summed E-state index contributed by atoms with van der Waals surface area (Å²) in [5.74, 6) is 0.209. The maximum atomic E-state index is 13.0. The van der Waals surface area contributed by atoms with Gasteiger partial charge in [-0.2, -0.15) is 13.2 Å². The molecule has 0 spiro atoms. The number of alkyl halides is 3. The Hall–Kier alpha value is -2.34. The molecule has 0 saturated carbocycles. The molecule has 0 aliphatic carbocycles. The van der Waals surface area contributed by atoms with Crippen LogP contribution in [0.5, 0.6) is 0 Å². The Bertz CT molecular complexity index is 746. The molecule has 2 aromatic rings. The van der Waals surface area contributed by atoms with Crippen LogP contribution in [0.25, 0.3) is 0 Å². The fourth-order valence-corrected chi connectivity index (χ4v) is 3.31. The lowest BCUT2D eigenvalue weighted by atomic mass is 10.1. The van der Waals surface area contributed by atoms with Crippen molar-refractivity contribution in [1.29, 1.82) is 0 Å². The summed E-state index contributed by atoms with van der Waals surface area (Å²) in [6.45, 7) is 1.86. The zero-order chi connectivity index (χ0) is 18.6. The Morgan fingerprint density at radius 1 is 1.04 bits per heavy atom. The van der Waals surface area contributed by atoms with E-state index in [-0.39, 0.29) is 23.9 Å². The van der Waals surface area contributed by atoms with Gasteiger partial charge >= 0.3 is 6.18 Å². The monoisotopic (exact) mass is 362 g/mol. The van der Waals surface area contributed by atoms with Crippen LogP contribution >= 0.6 is 0 Å². The van der Waals surface area contributed by atoms with E-state index in [1.54, 1.807) is 6.07 Å². The molecular formula is C20H21F3N2O. The first kappa shape index (κ1) is 18.5. The van der Waals surface area contributed by atoms with E-state index >= 15 is 0 Å². The van der Waals surface area contributed by atoms with Crippen LogP contribution < -0.4 is 5.32 Å². The molecule has 1 heterocycles. The molecule has 3 nitrogen and oxygen atoms in total. The van der Waals surface area contributed by atoms with Crippen LogP contribution in [0, 0.1) is 5.92 Å². The van der Waals surface area contributed by atoms with Gasteiger partial charge in [0.1, 0.15) is 0 Å². The molecule has 1 aliphatic heterocycles. The molecule has 1 unspecified atom stereocenters. The highest BCUT2D eigenvalue weighted by atomic mass is 19.4. The summed E-state index contributed by atoms with van der Waals surface area (Å²) in [5, 5.41) is 3.08. The number of hydrogen-bond acceptors (Lipinski definition) is 2. The van der Waals surface area contributed by atoms with Crippen molar-refractivity contribution < 1.29 is 18.0 Å². The highest BCUT2D eigenvalue weighted by molar-refractivity contribution is 5.78. The molecule has 2 aromatic carbocycles. The van der Waals surface area contributed by atoms with E-state index < -0.39 is 11.7 Å². The summed E-state index contributed by atoms with van der Waals surface area (Å²) < 4.78 is 39.0. The number of benzene rings is 2. The first-order valence-electron chi connectivity index (χ1n) is 8.61. The van der Waals surface area contributed by atoms with Crippen LogP contribution in [0.4, 0.5) is 13.2 Å². The van der Waals surface area contributed by atoms with Crippen molar-refractivity contribution >= 4 is 5.91 Å². The molecule has 1 atom stereocenters. The second kappa shape index (κ2) is 7.91. The van der Waals surface area contributed by atoms with E-state index in [9.17, 15) is 18.0 Å². The lowest BCUT2D eigenvalue weighted by molar-refractivity contribution is -0.138. The number of rotatable bonds is 6. The lowest BCUT2D eigenvalue weighted by Crippen LogP contribution is -2.27. The number of carbonyl (C=O) groups is 1. The number of carbonyl (C=O) groups excluding carboxylic acids is 1. The van der Waals surface area contributed by atoms with Crippen molar-refractivity contribution in [3.05, 3.63) is 71.3 Å². The third-order valence-corrected chi connectivity index (χ3v) is 4.58. The van der Waals surface area contributed by atoms with Crippen molar-refractivity contribution in [2.24, 2.45) is 5.92 Å². The average molecular weight is 362 g/mol. The van der Waals surface area contributed by atoms with Crippen molar-refractivity contribution in [2.45, 2.75) is 25.7 Å². The van der Waals surface area contributed by atoms with Gasteiger partial charge in [0.15, 0.2) is 0 Å². The molecule has 1 aliphatic rings. The number of amides is 1. The van der Waals surface area contributed by atoms with Crippen LogP contribution in [0.15, 0.2) is 54.6 Å². The predicted molar refractivity (Wildman–Crippen MR) is 93.1 cm³/mol. The highest BCUT2D eigenvalue weighted by Gasteiger charge is 2.33. The largest absolute Gasteiger partial charge is 0.416 e. The van der Waals surface area contributed by atoms with Gasteiger partial charge in [0.05, 0.1) is 5.56 Å². The maximum absolute atomic E-state index is 13.0.